The van der Waals surface area contributed by atoms with E-state index < -0.39 is 34.4 Å². The Bertz CT molecular complexity index is 2020. The monoisotopic (exact) mass is 701 g/mol. The zero-order valence-electron chi connectivity index (χ0n) is 29.6. The van der Waals surface area contributed by atoms with E-state index in [4.69, 9.17) is 23.7 Å². The van der Waals surface area contributed by atoms with Crippen LogP contribution in [-0.4, -0.2) is 23.5 Å². The molecule has 0 atom stereocenters. The highest BCUT2D eigenvalue weighted by atomic mass is 32.2. The van der Waals surface area contributed by atoms with E-state index in [-0.39, 0.29) is 0 Å². The number of ether oxygens (including phenoxy) is 5. The Balaban J connectivity index is 1.26. The second-order valence-corrected chi connectivity index (χ2v) is 16.0. The van der Waals surface area contributed by atoms with Crippen LogP contribution in [0.1, 0.15) is 47.1 Å². The summed E-state index contributed by atoms with van der Waals surface area (Å²) in [5.41, 5.74) is -0.182. The highest BCUT2D eigenvalue weighted by Crippen LogP contribution is 2.35. The maximum atomic E-state index is 12.3. The first-order chi connectivity index (χ1) is 24.3. The van der Waals surface area contributed by atoms with Crippen molar-refractivity contribution in [1.82, 2.24) is 0 Å². The SMILES string of the molecule is CC(C)(C)OC(=O)Oc1ccc([S+](c2ccc(OCc3c4ccccc4cc4ccccc34)cc2)c2ccc(OC(=O)OC(C)(C)C)cc2)cc1. The highest BCUT2D eigenvalue weighted by Gasteiger charge is 2.30. The smallest absolute Gasteiger partial charge is 0.489 e. The number of carbonyl (C=O) groups is 2. The van der Waals surface area contributed by atoms with Gasteiger partial charge in [0.1, 0.15) is 35.1 Å². The topological polar surface area (TPSA) is 80.3 Å². The van der Waals surface area contributed by atoms with Gasteiger partial charge in [0.15, 0.2) is 14.7 Å². The van der Waals surface area contributed by atoms with Crippen molar-refractivity contribution in [2.45, 2.75) is 74.0 Å². The average Bonchev–Trinajstić information content (AvgIpc) is 3.07. The molecule has 0 fully saturated rings. The van der Waals surface area contributed by atoms with Gasteiger partial charge in [-0.3, -0.25) is 0 Å². The van der Waals surface area contributed by atoms with Gasteiger partial charge in [-0.15, -0.1) is 0 Å². The third kappa shape index (κ3) is 9.21. The van der Waals surface area contributed by atoms with Crippen molar-refractivity contribution in [2.75, 3.05) is 0 Å². The van der Waals surface area contributed by atoms with Crippen LogP contribution >= 0.6 is 0 Å². The second-order valence-electron chi connectivity index (χ2n) is 13.9. The van der Waals surface area contributed by atoms with E-state index >= 15 is 0 Å². The van der Waals surface area contributed by atoms with Crippen molar-refractivity contribution in [3.05, 3.63) is 133 Å². The summed E-state index contributed by atoms with van der Waals surface area (Å²) in [5, 5.41) is 4.71. The number of hydrogen-bond acceptors (Lipinski definition) is 7. The Labute approximate surface area is 301 Å². The molecule has 0 unspecified atom stereocenters. The molecule has 6 aromatic carbocycles. The molecule has 51 heavy (non-hydrogen) atoms. The molecule has 0 heterocycles. The van der Waals surface area contributed by atoms with Crippen LogP contribution in [0.5, 0.6) is 17.2 Å². The minimum atomic E-state index is -0.762. The summed E-state index contributed by atoms with van der Waals surface area (Å²) < 4.78 is 27.9. The molecule has 0 aromatic heterocycles. The number of rotatable bonds is 8. The maximum Gasteiger partial charge on any atom is 0.514 e. The van der Waals surface area contributed by atoms with Gasteiger partial charge in [0.05, 0.1) is 10.9 Å². The molecule has 7 nitrogen and oxygen atoms in total. The van der Waals surface area contributed by atoms with E-state index in [0.717, 1.165) is 26.0 Å². The molecule has 0 spiro atoms. The number of hydrogen-bond donors (Lipinski definition) is 0. The molecule has 0 saturated carbocycles. The molecule has 0 N–H and O–H groups in total. The standard InChI is InChI=1S/C43H41O7S/c1-42(2,3)49-40(44)47-32-17-23-35(24-18-32)51(36-25-19-33(20-26-36)48-41(45)50-43(4,5)6)34-21-15-31(16-22-34)46-28-39-37-13-9-7-11-29(37)27-30-12-8-10-14-38(30)39/h7-27H,28H2,1-6H3/q+1. The first-order valence-corrected chi connectivity index (χ1v) is 17.9. The summed E-state index contributed by atoms with van der Waals surface area (Å²) in [6.45, 7) is 11.1. The summed E-state index contributed by atoms with van der Waals surface area (Å²) >= 11 is 0. The molecule has 0 radical (unpaired) electrons. The largest absolute Gasteiger partial charge is 0.514 e. The van der Waals surface area contributed by atoms with E-state index in [1.54, 1.807) is 65.8 Å². The van der Waals surface area contributed by atoms with Crippen molar-refractivity contribution in [1.29, 1.82) is 0 Å². The quantitative estimate of drug-likeness (QED) is 0.0676. The van der Waals surface area contributed by atoms with Crippen LogP contribution in [0.3, 0.4) is 0 Å². The molecule has 0 saturated heterocycles. The van der Waals surface area contributed by atoms with Crippen LogP contribution in [0.15, 0.2) is 142 Å². The third-order valence-electron chi connectivity index (χ3n) is 7.63. The van der Waals surface area contributed by atoms with Crippen LogP contribution < -0.4 is 14.2 Å². The molecule has 260 valence electrons. The maximum absolute atomic E-state index is 12.3. The van der Waals surface area contributed by atoms with Gasteiger partial charge >= 0.3 is 12.3 Å². The van der Waals surface area contributed by atoms with Crippen molar-refractivity contribution in [3.63, 3.8) is 0 Å². The van der Waals surface area contributed by atoms with Crippen LogP contribution in [0.4, 0.5) is 9.59 Å². The van der Waals surface area contributed by atoms with E-state index in [0.29, 0.717) is 18.1 Å². The van der Waals surface area contributed by atoms with Crippen molar-refractivity contribution in [3.8, 4) is 17.2 Å². The van der Waals surface area contributed by atoms with Crippen molar-refractivity contribution >= 4 is 44.8 Å². The van der Waals surface area contributed by atoms with Gasteiger partial charge in [0.2, 0.25) is 0 Å². The fraction of sp³-hybridized carbons (Fsp3) is 0.209. The van der Waals surface area contributed by atoms with Gasteiger partial charge in [0.25, 0.3) is 0 Å². The van der Waals surface area contributed by atoms with Gasteiger partial charge in [0, 0.05) is 5.56 Å². The lowest BCUT2D eigenvalue weighted by Crippen LogP contribution is -2.26. The Morgan fingerprint density at radius 2 is 0.882 bits per heavy atom. The minimum absolute atomic E-state index is 0.377. The fourth-order valence-electron chi connectivity index (χ4n) is 5.52. The molecular weight excluding hydrogens is 661 g/mol. The minimum Gasteiger partial charge on any atom is -0.489 e. The van der Waals surface area contributed by atoms with Crippen molar-refractivity contribution in [2.24, 2.45) is 0 Å². The fourth-order valence-corrected chi connectivity index (χ4v) is 7.56. The number of carbonyl (C=O) groups excluding carboxylic acids is 2. The summed E-state index contributed by atoms with van der Waals surface area (Å²) in [6.07, 6.45) is -1.52. The molecule has 0 bridgehead atoms. The zero-order chi connectivity index (χ0) is 36.2. The van der Waals surface area contributed by atoms with Crippen LogP contribution in [0.2, 0.25) is 0 Å². The predicted molar refractivity (Wildman–Crippen MR) is 201 cm³/mol. The summed E-state index contributed by atoms with van der Waals surface area (Å²) in [7, 11) is -0.573. The van der Waals surface area contributed by atoms with Crippen molar-refractivity contribution < 1.29 is 33.3 Å². The summed E-state index contributed by atoms with van der Waals surface area (Å²) in [4.78, 5) is 27.6. The van der Waals surface area contributed by atoms with Gasteiger partial charge in [-0.2, -0.15) is 0 Å². The molecule has 0 aliphatic carbocycles. The van der Waals surface area contributed by atoms with Gasteiger partial charge in [-0.1, -0.05) is 48.5 Å². The van der Waals surface area contributed by atoms with Crippen LogP contribution in [0, 0.1) is 0 Å². The lowest BCUT2D eigenvalue weighted by Gasteiger charge is -2.18. The first-order valence-electron chi connectivity index (χ1n) is 16.7. The Hall–Kier alpha value is -5.47. The molecular formula is C43H41O7S+. The van der Waals surface area contributed by atoms with E-state index in [2.05, 4.69) is 66.7 Å². The molecule has 0 amide bonds. The summed E-state index contributed by atoms with van der Waals surface area (Å²) in [6, 6.07) is 41.9. The molecule has 6 rings (SSSR count). The van der Waals surface area contributed by atoms with Crippen LogP contribution in [-0.2, 0) is 27.0 Å². The average molecular weight is 702 g/mol. The Morgan fingerprint density at radius 1 is 0.510 bits per heavy atom. The molecule has 8 heteroatoms. The third-order valence-corrected chi connectivity index (χ3v) is 9.86. The Morgan fingerprint density at radius 3 is 1.27 bits per heavy atom. The summed E-state index contributed by atoms with van der Waals surface area (Å²) in [5.74, 6) is 1.51. The van der Waals surface area contributed by atoms with Crippen LogP contribution in [0.25, 0.3) is 21.5 Å². The van der Waals surface area contributed by atoms with E-state index in [9.17, 15) is 9.59 Å². The zero-order valence-corrected chi connectivity index (χ0v) is 30.4. The molecule has 0 aliphatic heterocycles. The number of fused-ring (bicyclic) bond motifs is 2. The predicted octanol–water partition coefficient (Wildman–Crippen LogP) is 11.3. The number of benzene rings is 6. The molecule has 0 aliphatic rings. The second kappa shape index (κ2) is 14.8. The van der Waals surface area contributed by atoms with E-state index in [1.165, 1.54) is 21.5 Å². The first kappa shape index (κ1) is 35.4. The lowest BCUT2D eigenvalue weighted by molar-refractivity contribution is 0.0193. The highest BCUT2D eigenvalue weighted by molar-refractivity contribution is 7.97. The van der Waals surface area contributed by atoms with Gasteiger partial charge < -0.3 is 23.7 Å². The lowest BCUT2D eigenvalue weighted by atomic mass is 9.97. The van der Waals surface area contributed by atoms with Gasteiger partial charge in [-0.25, -0.2) is 9.59 Å². The Kier molecular flexibility index (Phi) is 10.3. The van der Waals surface area contributed by atoms with E-state index in [1.807, 2.05) is 36.4 Å². The molecule has 6 aromatic rings. The van der Waals surface area contributed by atoms with Gasteiger partial charge in [-0.05, 0) is 142 Å². The normalized spacial score (nSPS) is 11.7.